The minimum absolute atomic E-state index is 0.0108. The van der Waals surface area contributed by atoms with Gasteiger partial charge >= 0.3 is 0 Å². The van der Waals surface area contributed by atoms with Crippen LogP contribution in [-0.4, -0.2) is 41.0 Å². The number of nitrogens with zero attached hydrogens (tertiary/aromatic N) is 1. The van der Waals surface area contributed by atoms with Gasteiger partial charge in [-0.3, -0.25) is 4.79 Å². The number of piperidine rings is 1. The number of hydrogen-bond acceptors (Lipinski definition) is 3. The molecule has 1 saturated heterocycles. The van der Waals surface area contributed by atoms with Gasteiger partial charge < -0.3 is 10.0 Å². The average molecular weight is 257 g/mol. The van der Waals surface area contributed by atoms with E-state index in [1.165, 1.54) is 0 Å². The third-order valence-corrected chi connectivity index (χ3v) is 3.29. The SMILES string of the molecule is CC.CC(C)CN1CCC(O)(C(=O)C(C)C)CC1. The van der Waals surface area contributed by atoms with Crippen molar-refractivity contribution in [2.75, 3.05) is 19.6 Å². The van der Waals surface area contributed by atoms with E-state index in [1.807, 2.05) is 27.7 Å². The van der Waals surface area contributed by atoms with Crippen LogP contribution in [0.25, 0.3) is 0 Å². The van der Waals surface area contributed by atoms with Crippen LogP contribution in [0.3, 0.4) is 0 Å². The maximum absolute atomic E-state index is 11.9. The predicted octanol–water partition coefficient (Wildman–Crippen LogP) is 2.72. The molecule has 1 aliphatic rings. The summed E-state index contributed by atoms with van der Waals surface area (Å²) in [6, 6.07) is 0. The van der Waals surface area contributed by atoms with Gasteiger partial charge in [0.2, 0.25) is 0 Å². The highest BCUT2D eigenvalue weighted by Crippen LogP contribution is 2.26. The third-order valence-electron chi connectivity index (χ3n) is 3.29. The first-order valence-corrected chi connectivity index (χ1v) is 7.34. The van der Waals surface area contributed by atoms with Gasteiger partial charge in [0.25, 0.3) is 0 Å². The zero-order valence-electron chi connectivity index (χ0n) is 13.0. The number of rotatable bonds is 4. The number of Topliss-reactive ketones (excluding diaryl/α,β-unsaturated/α-hetero) is 1. The van der Waals surface area contributed by atoms with Crippen LogP contribution in [0.1, 0.15) is 54.4 Å². The second-order valence-electron chi connectivity index (χ2n) is 5.74. The molecule has 0 aromatic heterocycles. The van der Waals surface area contributed by atoms with Crippen molar-refractivity contribution in [3.63, 3.8) is 0 Å². The summed E-state index contributed by atoms with van der Waals surface area (Å²) in [5, 5.41) is 10.3. The van der Waals surface area contributed by atoms with Crippen molar-refractivity contribution in [2.45, 2.75) is 60.0 Å². The third kappa shape index (κ3) is 5.07. The average Bonchev–Trinajstić information content (AvgIpc) is 2.33. The van der Waals surface area contributed by atoms with E-state index >= 15 is 0 Å². The number of likely N-dealkylation sites (tertiary alicyclic amines) is 1. The van der Waals surface area contributed by atoms with Gasteiger partial charge in [-0.1, -0.05) is 41.5 Å². The molecule has 0 aromatic rings. The molecule has 0 bridgehead atoms. The lowest BCUT2D eigenvalue weighted by molar-refractivity contribution is -0.145. The van der Waals surface area contributed by atoms with Crippen LogP contribution in [0, 0.1) is 11.8 Å². The monoisotopic (exact) mass is 257 g/mol. The summed E-state index contributed by atoms with van der Waals surface area (Å²) in [5.74, 6) is 0.588. The Morgan fingerprint density at radius 3 is 1.94 bits per heavy atom. The van der Waals surface area contributed by atoms with Gasteiger partial charge in [0, 0.05) is 25.6 Å². The molecule has 0 aliphatic carbocycles. The molecule has 0 spiro atoms. The smallest absolute Gasteiger partial charge is 0.166 e. The maximum atomic E-state index is 11.9. The zero-order valence-corrected chi connectivity index (χ0v) is 13.0. The fourth-order valence-corrected chi connectivity index (χ4v) is 2.41. The van der Waals surface area contributed by atoms with Crippen LogP contribution in [0.5, 0.6) is 0 Å². The van der Waals surface area contributed by atoms with Gasteiger partial charge in [-0.25, -0.2) is 0 Å². The molecule has 1 N–H and O–H groups in total. The van der Waals surface area contributed by atoms with Gasteiger partial charge in [-0.2, -0.15) is 0 Å². The standard InChI is InChI=1S/C13H25NO2.C2H6/c1-10(2)9-14-7-5-13(16,6-8-14)12(15)11(3)4;1-2/h10-11,16H,5-9H2,1-4H3;1-2H3. The Balaban J connectivity index is 0.00000137. The topological polar surface area (TPSA) is 40.5 Å². The Morgan fingerprint density at radius 2 is 1.61 bits per heavy atom. The van der Waals surface area contributed by atoms with E-state index in [2.05, 4.69) is 18.7 Å². The van der Waals surface area contributed by atoms with Crippen LogP contribution >= 0.6 is 0 Å². The van der Waals surface area contributed by atoms with Gasteiger partial charge in [0.1, 0.15) is 5.60 Å². The first kappa shape index (κ1) is 17.6. The Bertz CT molecular complexity index is 241. The Labute approximate surface area is 113 Å². The molecule has 0 amide bonds. The Kier molecular flexibility index (Phi) is 7.72. The van der Waals surface area contributed by atoms with E-state index in [1.54, 1.807) is 0 Å². The first-order valence-electron chi connectivity index (χ1n) is 7.34. The summed E-state index contributed by atoms with van der Waals surface area (Å²) in [4.78, 5) is 14.2. The van der Waals surface area contributed by atoms with Crippen LogP contribution < -0.4 is 0 Å². The number of carbonyl (C=O) groups is 1. The molecule has 1 fully saturated rings. The number of aliphatic hydroxyl groups is 1. The molecule has 0 unspecified atom stereocenters. The van der Waals surface area contributed by atoms with Crippen LogP contribution in [0.4, 0.5) is 0 Å². The van der Waals surface area contributed by atoms with E-state index in [9.17, 15) is 9.90 Å². The molecular formula is C15H31NO2. The molecule has 3 heteroatoms. The van der Waals surface area contributed by atoms with Crippen molar-refractivity contribution in [2.24, 2.45) is 11.8 Å². The summed E-state index contributed by atoms with van der Waals surface area (Å²) in [6.45, 7) is 14.9. The Morgan fingerprint density at radius 1 is 1.17 bits per heavy atom. The van der Waals surface area contributed by atoms with E-state index < -0.39 is 5.60 Å². The lowest BCUT2D eigenvalue weighted by atomic mass is 9.82. The summed E-state index contributed by atoms with van der Waals surface area (Å²) < 4.78 is 0. The molecule has 1 aliphatic heterocycles. The van der Waals surface area contributed by atoms with Crippen molar-refractivity contribution in [3.8, 4) is 0 Å². The van der Waals surface area contributed by atoms with Crippen LogP contribution in [0.2, 0.25) is 0 Å². The summed E-state index contributed by atoms with van der Waals surface area (Å²) in [5.41, 5.74) is -1.05. The minimum Gasteiger partial charge on any atom is -0.382 e. The van der Waals surface area contributed by atoms with Gasteiger partial charge in [0.05, 0.1) is 0 Å². The fraction of sp³-hybridized carbons (Fsp3) is 0.933. The number of hydrogen-bond donors (Lipinski definition) is 1. The quantitative estimate of drug-likeness (QED) is 0.842. The van der Waals surface area contributed by atoms with Crippen molar-refractivity contribution >= 4 is 5.78 Å². The van der Waals surface area contributed by atoms with Crippen molar-refractivity contribution < 1.29 is 9.90 Å². The van der Waals surface area contributed by atoms with Gasteiger partial charge in [0.15, 0.2) is 5.78 Å². The fourth-order valence-electron chi connectivity index (χ4n) is 2.41. The first-order chi connectivity index (χ1) is 8.35. The minimum atomic E-state index is -1.05. The molecule has 1 rings (SSSR count). The van der Waals surface area contributed by atoms with E-state index in [0.717, 1.165) is 19.6 Å². The van der Waals surface area contributed by atoms with E-state index in [0.29, 0.717) is 18.8 Å². The van der Waals surface area contributed by atoms with Crippen molar-refractivity contribution in [1.82, 2.24) is 4.90 Å². The van der Waals surface area contributed by atoms with E-state index in [-0.39, 0.29) is 11.7 Å². The normalized spacial score (nSPS) is 19.6. The zero-order chi connectivity index (χ0) is 14.3. The van der Waals surface area contributed by atoms with Crippen LogP contribution in [0.15, 0.2) is 0 Å². The maximum Gasteiger partial charge on any atom is 0.166 e. The highest BCUT2D eigenvalue weighted by Gasteiger charge is 2.39. The molecule has 3 nitrogen and oxygen atoms in total. The molecule has 0 atom stereocenters. The number of carbonyl (C=O) groups excluding carboxylic acids is 1. The van der Waals surface area contributed by atoms with Crippen LogP contribution in [-0.2, 0) is 4.79 Å². The molecule has 0 radical (unpaired) electrons. The summed E-state index contributed by atoms with van der Waals surface area (Å²) in [6.07, 6.45) is 1.19. The second kappa shape index (κ2) is 7.90. The Hall–Kier alpha value is -0.410. The highest BCUT2D eigenvalue weighted by atomic mass is 16.3. The molecule has 1 heterocycles. The summed E-state index contributed by atoms with van der Waals surface area (Å²) in [7, 11) is 0. The lowest BCUT2D eigenvalue weighted by Crippen LogP contribution is -2.51. The lowest BCUT2D eigenvalue weighted by Gasteiger charge is -2.38. The number of ketones is 1. The van der Waals surface area contributed by atoms with E-state index in [4.69, 9.17) is 0 Å². The highest BCUT2D eigenvalue weighted by molar-refractivity contribution is 5.88. The predicted molar refractivity (Wildman–Crippen MR) is 76.7 cm³/mol. The molecule has 18 heavy (non-hydrogen) atoms. The van der Waals surface area contributed by atoms with Gasteiger partial charge in [-0.05, 0) is 18.8 Å². The largest absolute Gasteiger partial charge is 0.382 e. The van der Waals surface area contributed by atoms with Gasteiger partial charge in [-0.15, -0.1) is 0 Å². The van der Waals surface area contributed by atoms with Crippen molar-refractivity contribution in [3.05, 3.63) is 0 Å². The molecule has 0 aromatic carbocycles. The summed E-state index contributed by atoms with van der Waals surface area (Å²) >= 11 is 0. The second-order valence-corrected chi connectivity index (χ2v) is 5.74. The molecule has 0 saturated carbocycles. The molecular weight excluding hydrogens is 226 g/mol. The van der Waals surface area contributed by atoms with Crippen molar-refractivity contribution in [1.29, 1.82) is 0 Å². The molecule has 108 valence electrons.